The fourth-order valence-corrected chi connectivity index (χ4v) is 3.25. The summed E-state index contributed by atoms with van der Waals surface area (Å²) in [6.45, 7) is 4.76. The van der Waals surface area contributed by atoms with E-state index in [1.807, 2.05) is 24.8 Å². The van der Waals surface area contributed by atoms with Crippen LogP contribution in [0.4, 0.5) is 0 Å². The summed E-state index contributed by atoms with van der Waals surface area (Å²) in [6, 6.07) is 1.76. The van der Waals surface area contributed by atoms with E-state index >= 15 is 0 Å². The van der Waals surface area contributed by atoms with Gasteiger partial charge in [0.05, 0.1) is 0 Å². The van der Waals surface area contributed by atoms with Crippen molar-refractivity contribution in [2.75, 3.05) is 6.54 Å². The van der Waals surface area contributed by atoms with Crippen LogP contribution in [0.15, 0.2) is 10.6 Å². The Morgan fingerprint density at radius 1 is 1.33 bits per heavy atom. The van der Waals surface area contributed by atoms with Gasteiger partial charge in [0.25, 0.3) is 5.91 Å². The second-order valence-corrected chi connectivity index (χ2v) is 7.14. The monoisotopic (exact) mass is 329 g/mol. The van der Waals surface area contributed by atoms with E-state index in [2.05, 4.69) is 20.3 Å². The summed E-state index contributed by atoms with van der Waals surface area (Å²) in [6.07, 6.45) is 5.27. The lowest BCUT2D eigenvalue weighted by Gasteiger charge is -2.32. The molecule has 1 aliphatic heterocycles. The van der Waals surface area contributed by atoms with Crippen LogP contribution in [0.1, 0.15) is 91.7 Å². The van der Waals surface area contributed by atoms with Crippen molar-refractivity contribution in [1.29, 1.82) is 0 Å². The number of piperidine rings is 1. The van der Waals surface area contributed by atoms with Crippen molar-refractivity contribution in [3.63, 3.8) is 0 Å². The predicted octanol–water partition coefficient (Wildman–Crippen LogP) is 3.16. The number of aromatic nitrogens is 4. The third-order valence-electron chi connectivity index (χ3n) is 4.86. The molecule has 24 heavy (non-hydrogen) atoms. The lowest BCUT2D eigenvalue weighted by atomic mass is 10.0. The van der Waals surface area contributed by atoms with Gasteiger partial charge in [0.15, 0.2) is 5.82 Å². The molecule has 7 heteroatoms. The molecular weight excluding hydrogens is 306 g/mol. The van der Waals surface area contributed by atoms with Crippen molar-refractivity contribution in [2.24, 2.45) is 0 Å². The summed E-state index contributed by atoms with van der Waals surface area (Å²) in [4.78, 5) is 19.3. The van der Waals surface area contributed by atoms with Gasteiger partial charge in [-0.1, -0.05) is 19.0 Å². The van der Waals surface area contributed by atoms with E-state index in [0.717, 1.165) is 25.0 Å². The van der Waals surface area contributed by atoms with Crippen LogP contribution in [0.3, 0.4) is 0 Å². The van der Waals surface area contributed by atoms with Gasteiger partial charge in [0, 0.05) is 24.1 Å². The standard InChI is InChI=1S/C17H23N5O2/c1-10(2)15-18-16(24-21-15)14-5-3-4-8-22(14)17(23)13-9-12(19-20-13)11-6-7-11/h9-11,14H,3-8H2,1-2H3,(H,19,20)/t14-/m0/s1. The third-order valence-corrected chi connectivity index (χ3v) is 4.86. The molecule has 1 amide bonds. The first-order valence-corrected chi connectivity index (χ1v) is 8.83. The number of hydrogen-bond donors (Lipinski definition) is 1. The minimum absolute atomic E-state index is 0.0489. The Bertz CT molecular complexity index is 731. The summed E-state index contributed by atoms with van der Waals surface area (Å²) in [7, 11) is 0. The Morgan fingerprint density at radius 3 is 2.88 bits per heavy atom. The molecule has 1 N–H and O–H groups in total. The number of amides is 1. The Hall–Kier alpha value is -2.18. The molecule has 0 unspecified atom stereocenters. The quantitative estimate of drug-likeness (QED) is 0.931. The van der Waals surface area contributed by atoms with Gasteiger partial charge < -0.3 is 9.42 Å². The van der Waals surface area contributed by atoms with E-state index in [9.17, 15) is 4.79 Å². The number of likely N-dealkylation sites (tertiary alicyclic amines) is 1. The number of H-pyrrole nitrogens is 1. The Balaban J connectivity index is 1.56. The van der Waals surface area contributed by atoms with Gasteiger partial charge in [-0.25, -0.2) is 0 Å². The van der Waals surface area contributed by atoms with Crippen LogP contribution >= 0.6 is 0 Å². The van der Waals surface area contributed by atoms with Crippen LogP contribution in [-0.2, 0) is 0 Å². The number of carbonyl (C=O) groups is 1. The zero-order valence-corrected chi connectivity index (χ0v) is 14.2. The normalized spacial score (nSPS) is 21.5. The molecule has 2 aromatic rings. The van der Waals surface area contributed by atoms with Crippen molar-refractivity contribution >= 4 is 5.91 Å². The number of carbonyl (C=O) groups excluding carboxylic acids is 1. The number of rotatable bonds is 4. The first kappa shape index (κ1) is 15.4. The predicted molar refractivity (Wildman–Crippen MR) is 86.6 cm³/mol. The average molecular weight is 329 g/mol. The minimum Gasteiger partial charge on any atom is -0.337 e. The highest BCUT2D eigenvalue weighted by molar-refractivity contribution is 5.92. The van der Waals surface area contributed by atoms with Gasteiger partial charge in [-0.3, -0.25) is 9.89 Å². The van der Waals surface area contributed by atoms with Gasteiger partial charge in [-0.15, -0.1) is 0 Å². The van der Waals surface area contributed by atoms with Crippen LogP contribution in [-0.4, -0.2) is 37.7 Å². The zero-order valence-electron chi connectivity index (χ0n) is 14.2. The van der Waals surface area contributed by atoms with Crippen LogP contribution < -0.4 is 0 Å². The molecule has 1 saturated heterocycles. The third kappa shape index (κ3) is 2.83. The summed E-state index contributed by atoms with van der Waals surface area (Å²) in [5, 5.41) is 11.3. The molecule has 4 rings (SSSR count). The molecule has 0 radical (unpaired) electrons. The van der Waals surface area contributed by atoms with Gasteiger partial charge in [0.2, 0.25) is 5.89 Å². The Kier molecular flexibility index (Phi) is 3.86. The summed E-state index contributed by atoms with van der Waals surface area (Å²) in [5.74, 6) is 1.96. The number of nitrogens with one attached hydrogen (secondary N) is 1. The van der Waals surface area contributed by atoms with Crippen molar-refractivity contribution in [1.82, 2.24) is 25.2 Å². The summed E-state index contributed by atoms with van der Waals surface area (Å²) < 4.78 is 5.45. The minimum atomic E-state index is -0.146. The van der Waals surface area contributed by atoms with Crippen molar-refractivity contribution < 1.29 is 9.32 Å². The van der Waals surface area contributed by atoms with Gasteiger partial charge in [0.1, 0.15) is 11.7 Å². The van der Waals surface area contributed by atoms with Crippen molar-refractivity contribution in [3.8, 4) is 0 Å². The Morgan fingerprint density at radius 2 is 2.17 bits per heavy atom. The molecule has 7 nitrogen and oxygen atoms in total. The van der Waals surface area contributed by atoms with E-state index in [1.165, 1.54) is 12.8 Å². The molecule has 1 atom stereocenters. The van der Waals surface area contributed by atoms with Crippen LogP contribution in [0, 0.1) is 0 Å². The van der Waals surface area contributed by atoms with Crippen molar-refractivity contribution in [3.05, 3.63) is 29.2 Å². The largest absolute Gasteiger partial charge is 0.337 e. The molecule has 128 valence electrons. The lowest BCUT2D eigenvalue weighted by molar-refractivity contribution is 0.0555. The second-order valence-electron chi connectivity index (χ2n) is 7.14. The van der Waals surface area contributed by atoms with Crippen LogP contribution in [0.2, 0.25) is 0 Å². The van der Waals surface area contributed by atoms with E-state index in [1.54, 1.807) is 0 Å². The maximum Gasteiger partial charge on any atom is 0.275 e. The number of nitrogens with zero attached hydrogens (tertiary/aromatic N) is 4. The lowest BCUT2D eigenvalue weighted by Crippen LogP contribution is -2.38. The maximum absolute atomic E-state index is 12.9. The smallest absolute Gasteiger partial charge is 0.275 e. The SMILES string of the molecule is CC(C)c1noc([C@@H]2CCCCN2C(=O)c2cc(C3CC3)[nH]n2)n1. The molecule has 0 aromatic carbocycles. The number of hydrogen-bond acceptors (Lipinski definition) is 5. The molecule has 2 aliphatic rings. The molecular formula is C17H23N5O2. The second kappa shape index (κ2) is 6.03. The zero-order chi connectivity index (χ0) is 16.7. The van der Waals surface area contributed by atoms with Gasteiger partial charge in [-0.2, -0.15) is 10.1 Å². The summed E-state index contributed by atoms with van der Waals surface area (Å²) >= 11 is 0. The van der Waals surface area contributed by atoms with Gasteiger partial charge in [-0.05, 0) is 38.2 Å². The maximum atomic E-state index is 12.9. The van der Waals surface area contributed by atoms with E-state index in [4.69, 9.17) is 4.52 Å². The molecule has 2 fully saturated rings. The van der Waals surface area contributed by atoms with E-state index < -0.39 is 0 Å². The molecule has 2 aromatic heterocycles. The fourth-order valence-electron chi connectivity index (χ4n) is 3.25. The van der Waals surface area contributed by atoms with E-state index in [0.29, 0.717) is 29.9 Å². The molecule has 3 heterocycles. The number of aromatic amines is 1. The summed E-state index contributed by atoms with van der Waals surface area (Å²) in [5.41, 5.74) is 1.57. The molecule has 1 saturated carbocycles. The van der Waals surface area contributed by atoms with Crippen molar-refractivity contribution in [2.45, 2.75) is 63.8 Å². The first-order chi connectivity index (χ1) is 11.6. The average Bonchev–Trinajstić information content (AvgIpc) is 3.13. The highest BCUT2D eigenvalue weighted by Gasteiger charge is 2.34. The van der Waals surface area contributed by atoms with Crippen LogP contribution in [0.25, 0.3) is 0 Å². The van der Waals surface area contributed by atoms with E-state index in [-0.39, 0.29) is 17.9 Å². The topological polar surface area (TPSA) is 87.9 Å². The highest BCUT2D eigenvalue weighted by Crippen LogP contribution is 2.39. The first-order valence-electron chi connectivity index (χ1n) is 8.83. The molecule has 0 bridgehead atoms. The highest BCUT2D eigenvalue weighted by atomic mass is 16.5. The van der Waals surface area contributed by atoms with Crippen LogP contribution in [0.5, 0.6) is 0 Å². The fraction of sp³-hybridized carbons (Fsp3) is 0.647. The molecule has 0 spiro atoms. The Labute approximate surface area is 140 Å². The molecule has 1 aliphatic carbocycles. The van der Waals surface area contributed by atoms with Gasteiger partial charge >= 0.3 is 0 Å².